The summed E-state index contributed by atoms with van der Waals surface area (Å²) in [4.78, 5) is 43.0. The highest BCUT2D eigenvalue weighted by molar-refractivity contribution is 6.30. The van der Waals surface area contributed by atoms with Gasteiger partial charge in [0.05, 0.1) is 23.1 Å². The van der Waals surface area contributed by atoms with Crippen LogP contribution in [0.1, 0.15) is 50.7 Å². The van der Waals surface area contributed by atoms with E-state index in [2.05, 4.69) is 15.2 Å². The number of amides is 2. The third kappa shape index (κ3) is 2.46. The van der Waals surface area contributed by atoms with Crippen molar-refractivity contribution in [2.75, 3.05) is 0 Å². The van der Waals surface area contributed by atoms with Crippen LogP contribution in [0.15, 0.2) is 35.1 Å². The molecule has 3 aromatic rings. The van der Waals surface area contributed by atoms with Crippen LogP contribution >= 0.6 is 11.6 Å². The van der Waals surface area contributed by atoms with Crippen LogP contribution in [0.2, 0.25) is 5.15 Å². The summed E-state index contributed by atoms with van der Waals surface area (Å²) < 4.78 is 0. The standard InChI is InChI=1S/C19H13ClN4O3/c20-14-7-12(9-5-6-9)15-16(21-14)13(22-23-17(15)25)8-24-18(26)10-3-1-2-4-11(10)19(24)27/h1-4,7,9H,5-6,8H2,(H,23,25). The summed E-state index contributed by atoms with van der Waals surface area (Å²) in [5.41, 5.74) is 1.90. The SMILES string of the molecule is O=C1c2ccccc2C(=O)N1Cc1n[nH]c(=O)c2c(C3CC3)cc(Cl)nc12. The quantitative estimate of drug-likeness (QED) is 0.556. The second-order valence-corrected chi connectivity index (χ2v) is 7.16. The van der Waals surface area contributed by atoms with Crippen molar-refractivity contribution in [1.82, 2.24) is 20.1 Å². The van der Waals surface area contributed by atoms with Gasteiger partial charge in [-0.15, -0.1) is 0 Å². The summed E-state index contributed by atoms with van der Waals surface area (Å²) in [5.74, 6) is -0.494. The summed E-state index contributed by atoms with van der Waals surface area (Å²) in [6.07, 6.45) is 1.98. The van der Waals surface area contributed by atoms with Gasteiger partial charge in [0, 0.05) is 0 Å². The number of benzene rings is 1. The molecule has 3 heterocycles. The lowest BCUT2D eigenvalue weighted by Gasteiger charge is -2.15. The Kier molecular flexibility index (Phi) is 3.42. The molecule has 0 unspecified atom stereocenters. The first-order valence-corrected chi connectivity index (χ1v) is 8.95. The maximum atomic E-state index is 12.6. The molecule has 2 aliphatic rings. The highest BCUT2D eigenvalue weighted by atomic mass is 35.5. The molecule has 8 heteroatoms. The zero-order chi connectivity index (χ0) is 18.7. The fraction of sp³-hybridized carbons (Fsp3) is 0.211. The number of imide groups is 1. The molecule has 27 heavy (non-hydrogen) atoms. The summed E-state index contributed by atoms with van der Waals surface area (Å²) in [6.45, 7) is -0.0862. The molecular formula is C19H13ClN4O3. The monoisotopic (exact) mass is 380 g/mol. The number of rotatable bonds is 3. The van der Waals surface area contributed by atoms with E-state index in [1.807, 2.05) is 0 Å². The Bertz CT molecular complexity index is 1160. The molecule has 1 aliphatic carbocycles. The van der Waals surface area contributed by atoms with Crippen LogP contribution in [0.4, 0.5) is 0 Å². The molecule has 1 fully saturated rings. The highest BCUT2D eigenvalue weighted by Crippen LogP contribution is 2.43. The molecule has 0 atom stereocenters. The average molecular weight is 381 g/mol. The maximum absolute atomic E-state index is 12.6. The van der Waals surface area contributed by atoms with Crippen molar-refractivity contribution in [3.05, 3.63) is 68.2 Å². The zero-order valence-electron chi connectivity index (χ0n) is 14.0. The van der Waals surface area contributed by atoms with E-state index >= 15 is 0 Å². The van der Waals surface area contributed by atoms with Crippen molar-refractivity contribution in [3.63, 3.8) is 0 Å². The lowest BCUT2D eigenvalue weighted by atomic mass is 10.1. The molecule has 2 amide bonds. The Hall–Kier alpha value is -3.06. The van der Waals surface area contributed by atoms with Gasteiger partial charge in [-0.3, -0.25) is 19.3 Å². The number of H-pyrrole nitrogens is 1. The van der Waals surface area contributed by atoms with Crippen LogP contribution in [-0.2, 0) is 6.54 Å². The van der Waals surface area contributed by atoms with Gasteiger partial charge in [0.25, 0.3) is 17.4 Å². The van der Waals surface area contributed by atoms with Gasteiger partial charge in [-0.05, 0) is 42.5 Å². The molecule has 0 spiro atoms. The summed E-state index contributed by atoms with van der Waals surface area (Å²) in [6, 6.07) is 8.37. The van der Waals surface area contributed by atoms with Gasteiger partial charge < -0.3 is 0 Å². The fourth-order valence-electron chi connectivity index (χ4n) is 3.57. The van der Waals surface area contributed by atoms with Crippen molar-refractivity contribution >= 4 is 34.3 Å². The van der Waals surface area contributed by atoms with Crippen LogP contribution in [-0.4, -0.2) is 31.9 Å². The van der Waals surface area contributed by atoms with E-state index in [9.17, 15) is 14.4 Å². The van der Waals surface area contributed by atoms with Gasteiger partial charge in [0.1, 0.15) is 16.4 Å². The number of carbonyl (C=O) groups is 2. The van der Waals surface area contributed by atoms with E-state index in [-0.39, 0.29) is 35.0 Å². The van der Waals surface area contributed by atoms with Gasteiger partial charge in [0.2, 0.25) is 0 Å². The minimum absolute atomic E-state index is 0.0862. The minimum Gasteiger partial charge on any atom is -0.269 e. The third-order valence-electron chi connectivity index (χ3n) is 5.01. The van der Waals surface area contributed by atoms with Gasteiger partial charge in [-0.1, -0.05) is 23.7 Å². The maximum Gasteiger partial charge on any atom is 0.273 e. The minimum atomic E-state index is -0.388. The van der Waals surface area contributed by atoms with E-state index in [0.29, 0.717) is 27.7 Å². The molecule has 2 aromatic heterocycles. The molecule has 7 nitrogen and oxygen atoms in total. The largest absolute Gasteiger partial charge is 0.273 e. The van der Waals surface area contributed by atoms with Gasteiger partial charge in [-0.25, -0.2) is 10.1 Å². The van der Waals surface area contributed by atoms with Crippen LogP contribution in [0, 0.1) is 0 Å². The summed E-state index contributed by atoms with van der Waals surface area (Å²) >= 11 is 6.17. The van der Waals surface area contributed by atoms with Crippen LogP contribution in [0.3, 0.4) is 0 Å². The van der Waals surface area contributed by atoms with E-state index in [0.717, 1.165) is 23.3 Å². The van der Waals surface area contributed by atoms with Crippen LogP contribution in [0.5, 0.6) is 0 Å². The van der Waals surface area contributed by atoms with Crippen molar-refractivity contribution in [3.8, 4) is 0 Å². The normalized spacial score (nSPS) is 16.3. The van der Waals surface area contributed by atoms with Crippen LogP contribution < -0.4 is 5.56 Å². The van der Waals surface area contributed by atoms with Crippen molar-refractivity contribution in [2.24, 2.45) is 0 Å². The van der Waals surface area contributed by atoms with Crippen molar-refractivity contribution in [1.29, 1.82) is 0 Å². The number of aromatic nitrogens is 3. The van der Waals surface area contributed by atoms with Crippen molar-refractivity contribution in [2.45, 2.75) is 25.3 Å². The molecular weight excluding hydrogens is 368 g/mol. The van der Waals surface area contributed by atoms with Crippen molar-refractivity contribution < 1.29 is 9.59 Å². The number of hydrogen-bond donors (Lipinski definition) is 1. The average Bonchev–Trinajstić information content (AvgIpc) is 3.48. The number of nitrogens with one attached hydrogen (secondary N) is 1. The third-order valence-corrected chi connectivity index (χ3v) is 5.21. The number of hydrogen-bond acceptors (Lipinski definition) is 5. The second-order valence-electron chi connectivity index (χ2n) is 6.77. The molecule has 134 valence electrons. The predicted molar refractivity (Wildman–Crippen MR) is 97.8 cm³/mol. The Balaban J connectivity index is 1.63. The second kappa shape index (κ2) is 5.72. The first-order valence-electron chi connectivity index (χ1n) is 8.57. The fourth-order valence-corrected chi connectivity index (χ4v) is 3.77. The predicted octanol–water partition coefficient (Wildman–Crippen LogP) is 2.65. The number of halogens is 1. The molecule has 1 saturated carbocycles. The van der Waals surface area contributed by atoms with E-state index < -0.39 is 0 Å². The Morgan fingerprint density at radius 2 is 1.78 bits per heavy atom. The van der Waals surface area contributed by atoms with Gasteiger partial charge in [0.15, 0.2) is 0 Å². The molecule has 1 aliphatic heterocycles. The molecule has 1 aromatic carbocycles. The number of fused-ring (bicyclic) bond motifs is 2. The number of nitrogens with zero attached hydrogens (tertiary/aromatic N) is 3. The highest BCUT2D eigenvalue weighted by Gasteiger charge is 2.36. The topological polar surface area (TPSA) is 96.0 Å². The lowest BCUT2D eigenvalue weighted by molar-refractivity contribution is 0.0640. The first kappa shape index (κ1) is 16.1. The molecule has 0 saturated heterocycles. The zero-order valence-corrected chi connectivity index (χ0v) is 14.8. The van der Waals surface area contributed by atoms with Gasteiger partial charge >= 0.3 is 0 Å². The molecule has 0 radical (unpaired) electrons. The van der Waals surface area contributed by atoms with E-state index in [1.54, 1.807) is 30.3 Å². The van der Waals surface area contributed by atoms with Crippen LogP contribution in [0.25, 0.3) is 10.9 Å². The number of pyridine rings is 1. The Morgan fingerprint density at radius 3 is 2.41 bits per heavy atom. The smallest absolute Gasteiger partial charge is 0.269 e. The molecule has 5 rings (SSSR count). The Labute approximate surface area is 158 Å². The molecule has 1 N–H and O–H groups in total. The van der Waals surface area contributed by atoms with E-state index in [4.69, 9.17) is 11.6 Å². The first-order chi connectivity index (χ1) is 13.0. The lowest BCUT2D eigenvalue weighted by Crippen LogP contribution is -2.30. The summed E-state index contributed by atoms with van der Waals surface area (Å²) in [7, 11) is 0. The summed E-state index contributed by atoms with van der Waals surface area (Å²) in [5, 5.41) is 7.23. The molecule has 0 bridgehead atoms. The van der Waals surface area contributed by atoms with E-state index in [1.165, 1.54) is 0 Å². The van der Waals surface area contributed by atoms with Gasteiger partial charge in [-0.2, -0.15) is 5.10 Å². The number of carbonyl (C=O) groups excluding carboxylic acids is 2. The Morgan fingerprint density at radius 1 is 1.11 bits per heavy atom. The number of aromatic amines is 1.